The molecule has 3 aromatic carbocycles. The number of carbonyl (C=O) groups is 1. The minimum absolute atomic E-state index is 0.0224. The van der Waals surface area contributed by atoms with Crippen LogP contribution in [0.2, 0.25) is 0 Å². The fraction of sp³-hybridized carbons (Fsp3) is 0.138. The van der Waals surface area contributed by atoms with Gasteiger partial charge < -0.3 is 13.8 Å². The number of rotatable bonds is 8. The number of aryl methyl sites for hydroxylation is 1. The molecule has 0 aliphatic heterocycles. The maximum Gasteiger partial charge on any atom is 0.264 e. The molecule has 5 aromatic rings. The highest BCUT2D eigenvalue weighted by atomic mass is 32.2. The van der Waals surface area contributed by atoms with E-state index in [1.807, 2.05) is 0 Å². The quantitative estimate of drug-likeness (QED) is 0.215. The molecule has 0 saturated heterocycles. The van der Waals surface area contributed by atoms with E-state index in [1.165, 1.54) is 30.5 Å². The second kappa shape index (κ2) is 11.2. The second-order valence-corrected chi connectivity index (χ2v) is 11.1. The first-order valence-corrected chi connectivity index (χ1v) is 13.9. The summed E-state index contributed by atoms with van der Waals surface area (Å²) in [5.41, 5.74) is 2.38. The Morgan fingerprint density at radius 2 is 1.71 bits per heavy atom. The highest BCUT2D eigenvalue weighted by molar-refractivity contribution is 7.92. The molecule has 2 aromatic heterocycles. The lowest BCUT2D eigenvalue weighted by Gasteiger charge is -2.21. The minimum Gasteiger partial charge on any atom is -0.445 e. The molecular formula is C29H23F3N4O5S. The standard InChI is InChI=1S/C29H23F3N4O5S/c1-16-17(2)34-41-27(16)35-42(38,39)25-7-5-4-6-22(25)21-9-8-18(28-33-10-11-40-28)12-20(21)15-36(3)29(37)19-13-23(30)26(32)24(31)14-19/h4-14,35H,15H2,1-3H3. The molecule has 216 valence electrons. The van der Waals surface area contributed by atoms with E-state index < -0.39 is 38.9 Å². The summed E-state index contributed by atoms with van der Waals surface area (Å²) >= 11 is 0. The average Bonchev–Trinajstić information content (AvgIpc) is 3.62. The minimum atomic E-state index is -4.19. The Balaban J connectivity index is 1.58. The van der Waals surface area contributed by atoms with Gasteiger partial charge in [0.2, 0.25) is 11.8 Å². The van der Waals surface area contributed by atoms with Crippen molar-refractivity contribution >= 4 is 21.8 Å². The molecule has 0 radical (unpaired) electrons. The molecule has 42 heavy (non-hydrogen) atoms. The molecule has 0 bridgehead atoms. The van der Waals surface area contributed by atoms with Crippen LogP contribution in [0, 0.1) is 31.3 Å². The number of nitrogens with one attached hydrogen (secondary N) is 1. The van der Waals surface area contributed by atoms with Crippen molar-refractivity contribution < 1.29 is 35.3 Å². The van der Waals surface area contributed by atoms with E-state index in [1.54, 1.807) is 50.2 Å². The van der Waals surface area contributed by atoms with Gasteiger partial charge in [-0.3, -0.25) is 4.79 Å². The van der Waals surface area contributed by atoms with Gasteiger partial charge in [-0.05, 0) is 55.3 Å². The number of oxazole rings is 1. The van der Waals surface area contributed by atoms with E-state index in [0.717, 1.165) is 0 Å². The summed E-state index contributed by atoms with van der Waals surface area (Å²) in [4.78, 5) is 18.3. The Morgan fingerprint density at radius 1 is 1.00 bits per heavy atom. The second-order valence-electron chi connectivity index (χ2n) is 9.45. The zero-order chi connectivity index (χ0) is 30.2. The van der Waals surface area contributed by atoms with Gasteiger partial charge in [-0.2, -0.15) is 0 Å². The Bertz CT molecular complexity index is 1880. The SMILES string of the molecule is Cc1noc(NS(=O)(=O)c2ccccc2-c2ccc(-c3ncco3)cc2CN(C)C(=O)c2cc(F)c(F)c(F)c2)c1C. The van der Waals surface area contributed by atoms with Gasteiger partial charge in [0.25, 0.3) is 15.9 Å². The van der Waals surface area contributed by atoms with Crippen molar-refractivity contribution in [3.8, 4) is 22.6 Å². The molecule has 2 heterocycles. The number of carbonyl (C=O) groups excluding carboxylic acids is 1. The Morgan fingerprint density at radius 3 is 2.36 bits per heavy atom. The van der Waals surface area contributed by atoms with Crippen LogP contribution in [-0.4, -0.2) is 36.4 Å². The van der Waals surface area contributed by atoms with Crippen LogP contribution in [0.4, 0.5) is 19.1 Å². The van der Waals surface area contributed by atoms with E-state index in [-0.39, 0.29) is 23.2 Å². The van der Waals surface area contributed by atoms with Crippen LogP contribution in [-0.2, 0) is 16.6 Å². The molecule has 0 saturated carbocycles. The summed E-state index contributed by atoms with van der Waals surface area (Å²) in [6, 6.07) is 12.5. The lowest BCUT2D eigenvalue weighted by atomic mass is 9.96. The maximum absolute atomic E-state index is 13.8. The third kappa shape index (κ3) is 5.50. The molecular weight excluding hydrogens is 573 g/mol. The number of halogens is 3. The van der Waals surface area contributed by atoms with Crippen molar-refractivity contribution in [2.24, 2.45) is 0 Å². The lowest BCUT2D eigenvalue weighted by molar-refractivity contribution is 0.0784. The van der Waals surface area contributed by atoms with Crippen molar-refractivity contribution in [1.82, 2.24) is 15.0 Å². The first-order chi connectivity index (χ1) is 20.0. The van der Waals surface area contributed by atoms with Crippen LogP contribution < -0.4 is 4.72 Å². The Labute approximate surface area is 238 Å². The molecule has 0 aliphatic carbocycles. The number of hydrogen-bond donors (Lipinski definition) is 1. The average molecular weight is 597 g/mol. The topological polar surface area (TPSA) is 119 Å². The number of anilines is 1. The number of sulfonamides is 1. The van der Waals surface area contributed by atoms with Gasteiger partial charge in [0, 0.05) is 35.8 Å². The molecule has 0 atom stereocenters. The molecule has 13 heteroatoms. The summed E-state index contributed by atoms with van der Waals surface area (Å²) in [5, 5.41) is 3.79. The van der Waals surface area contributed by atoms with Crippen molar-refractivity contribution in [3.63, 3.8) is 0 Å². The number of amides is 1. The van der Waals surface area contributed by atoms with Crippen LogP contribution >= 0.6 is 0 Å². The van der Waals surface area contributed by atoms with Crippen molar-refractivity contribution in [3.05, 3.63) is 107 Å². The molecule has 9 nitrogen and oxygen atoms in total. The van der Waals surface area contributed by atoms with E-state index in [0.29, 0.717) is 45.6 Å². The predicted octanol–water partition coefficient (Wildman–Crippen LogP) is 6.10. The summed E-state index contributed by atoms with van der Waals surface area (Å²) in [6.45, 7) is 3.21. The fourth-order valence-electron chi connectivity index (χ4n) is 4.32. The monoisotopic (exact) mass is 596 g/mol. The highest BCUT2D eigenvalue weighted by Crippen LogP contribution is 2.35. The Kier molecular flexibility index (Phi) is 7.61. The van der Waals surface area contributed by atoms with Gasteiger partial charge in [0.05, 0.1) is 16.8 Å². The molecule has 0 fully saturated rings. The largest absolute Gasteiger partial charge is 0.445 e. The molecule has 0 aliphatic rings. The smallest absolute Gasteiger partial charge is 0.264 e. The Hall–Kier alpha value is -4.91. The number of aromatic nitrogens is 2. The van der Waals surface area contributed by atoms with Crippen molar-refractivity contribution in [2.75, 3.05) is 11.8 Å². The lowest BCUT2D eigenvalue weighted by Crippen LogP contribution is -2.27. The van der Waals surface area contributed by atoms with E-state index >= 15 is 0 Å². The van der Waals surface area contributed by atoms with Crippen LogP contribution in [0.3, 0.4) is 0 Å². The normalized spacial score (nSPS) is 11.5. The third-order valence-electron chi connectivity index (χ3n) is 6.62. The zero-order valence-corrected chi connectivity index (χ0v) is 23.3. The molecule has 0 unspecified atom stereocenters. The zero-order valence-electron chi connectivity index (χ0n) is 22.5. The highest BCUT2D eigenvalue weighted by Gasteiger charge is 2.25. The predicted molar refractivity (Wildman–Crippen MR) is 146 cm³/mol. The molecule has 1 amide bonds. The summed E-state index contributed by atoms with van der Waals surface area (Å²) in [6.07, 6.45) is 2.84. The van der Waals surface area contributed by atoms with Crippen LogP contribution in [0.15, 0.2) is 80.9 Å². The third-order valence-corrected chi connectivity index (χ3v) is 8.01. The first kappa shape index (κ1) is 28.6. The summed E-state index contributed by atoms with van der Waals surface area (Å²) in [7, 11) is -2.80. The number of hydrogen-bond acceptors (Lipinski definition) is 7. The summed E-state index contributed by atoms with van der Waals surface area (Å²) < 4.78 is 81.2. The number of nitrogens with zero attached hydrogens (tertiary/aromatic N) is 3. The first-order valence-electron chi connectivity index (χ1n) is 12.4. The maximum atomic E-state index is 13.8. The molecule has 5 rings (SSSR count). The van der Waals surface area contributed by atoms with Gasteiger partial charge >= 0.3 is 0 Å². The van der Waals surface area contributed by atoms with Gasteiger partial charge in [-0.25, -0.2) is 31.3 Å². The fourth-order valence-corrected chi connectivity index (χ4v) is 5.59. The van der Waals surface area contributed by atoms with Crippen LogP contribution in [0.25, 0.3) is 22.6 Å². The number of benzene rings is 3. The molecule has 0 spiro atoms. The van der Waals surface area contributed by atoms with Crippen molar-refractivity contribution in [2.45, 2.75) is 25.3 Å². The summed E-state index contributed by atoms with van der Waals surface area (Å²) in [5.74, 6) is -5.22. The van der Waals surface area contributed by atoms with Gasteiger partial charge in [0.1, 0.15) is 6.26 Å². The van der Waals surface area contributed by atoms with E-state index in [2.05, 4.69) is 14.9 Å². The van der Waals surface area contributed by atoms with Crippen molar-refractivity contribution in [1.29, 1.82) is 0 Å². The van der Waals surface area contributed by atoms with Gasteiger partial charge in [0.15, 0.2) is 17.5 Å². The van der Waals surface area contributed by atoms with E-state index in [4.69, 9.17) is 8.94 Å². The molecule has 1 N–H and O–H groups in total. The van der Waals surface area contributed by atoms with Gasteiger partial charge in [-0.1, -0.05) is 29.4 Å². The van der Waals surface area contributed by atoms with Crippen LogP contribution in [0.5, 0.6) is 0 Å². The van der Waals surface area contributed by atoms with Gasteiger partial charge in [-0.15, -0.1) is 0 Å². The van der Waals surface area contributed by atoms with Crippen LogP contribution in [0.1, 0.15) is 27.2 Å². The van der Waals surface area contributed by atoms with E-state index in [9.17, 15) is 26.4 Å².